The van der Waals surface area contributed by atoms with E-state index >= 15 is 0 Å². The van der Waals surface area contributed by atoms with E-state index in [9.17, 15) is 18.3 Å². The van der Waals surface area contributed by atoms with Gasteiger partial charge in [-0.05, 0) is 36.4 Å². The summed E-state index contributed by atoms with van der Waals surface area (Å²) < 4.78 is 26.5. The highest BCUT2D eigenvalue weighted by molar-refractivity contribution is 7.90. The monoisotopic (exact) mass is 335 g/mol. The molecule has 0 amide bonds. The van der Waals surface area contributed by atoms with Crippen molar-refractivity contribution < 1.29 is 18.3 Å². The number of rotatable bonds is 1. The van der Waals surface area contributed by atoms with Gasteiger partial charge in [-0.15, -0.1) is 0 Å². The van der Waals surface area contributed by atoms with Crippen LogP contribution in [0, 0.1) is 0 Å². The van der Waals surface area contributed by atoms with Gasteiger partial charge in [0.15, 0.2) is 5.76 Å². The first-order chi connectivity index (χ1) is 10.4. The number of hydrogen-bond acceptors (Lipinski definition) is 4. The molecule has 22 heavy (non-hydrogen) atoms. The van der Waals surface area contributed by atoms with Gasteiger partial charge in [-0.2, -0.15) is 0 Å². The molecule has 0 aliphatic carbocycles. The summed E-state index contributed by atoms with van der Waals surface area (Å²) >= 11 is 5.77. The number of ketones is 1. The molecule has 0 saturated carbocycles. The number of halogens is 1. The number of allylic oxidation sites excluding steroid dienone is 1. The Hall–Kier alpha value is -2.31. The molecular formula is C15H10ClNO4S. The fraction of sp³-hybridized carbons (Fsp3) is 0. The van der Waals surface area contributed by atoms with Crippen LogP contribution in [0.3, 0.4) is 0 Å². The summed E-state index contributed by atoms with van der Waals surface area (Å²) in [6.07, 6.45) is 0. The number of Topliss-reactive ketones (excluding diaryl/α,β-unsaturated/α-hetero) is 1. The lowest BCUT2D eigenvalue weighted by molar-refractivity contribution is 0.102. The second-order valence-electron chi connectivity index (χ2n) is 4.66. The maximum atomic E-state index is 12.4. The largest absolute Gasteiger partial charge is 0.505 e. The zero-order valence-electron chi connectivity index (χ0n) is 11.1. The predicted octanol–water partition coefficient (Wildman–Crippen LogP) is 2.74. The lowest BCUT2D eigenvalue weighted by Gasteiger charge is -2.20. The fourth-order valence-electron chi connectivity index (χ4n) is 2.17. The third kappa shape index (κ3) is 2.36. The molecule has 0 spiro atoms. The number of carbonyl (C=O) groups excluding carboxylic acids is 1. The number of carbonyl (C=O) groups is 1. The molecule has 0 aromatic heterocycles. The minimum Gasteiger partial charge on any atom is -0.505 e. The summed E-state index contributed by atoms with van der Waals surface area (Å²) in [5.74, 6) is -1.03. The number of benzene rings is 2. The summed E-state index contributed by atoms with van der Waals surface area (Å²) in [7, 11) is -3.90. The van der Waals surface area contributed by atoms with Gasteiger partial charge in [0, 0.05) is 16.1 Å². The molecule has 1 aliphatic rings. The molecule has 0 bridgehead atoms. The van der Waals surface area contributed by atoms with Crippen LogP contribution in [0.15, 0.2) is 59.1 Å². The van der Waals surface area contributed by atoms with Crippen LogP contribution in [-0.4, -0.2) is 19.3 Å². The lowest BCUT2D eigenvalue weighted by Crippen LogP contribution is -2.35. The summed E-state index contributed by atoms with van der Waals surface area (Å²) in [6, 6.07) is 11.9. The summed E-state index contributed by atoms with van der Waals surface area (Å²) in [4.78, 5) is 12.3. The molecular weight excluding hydrogens is 326 g/mol. The Kier molecular flexibility index (Phi) is 3.42. The Labute approximate surface area is 131 Å². The van der Waals surface area contributed by atoms with Gasteiger partial charge in [0.2, 0.25) is 5.78 Å². The van der Waals surface area contributed by atoms with E-state index in [0.29, 0.717) is 5.02 Å². The molecule has 1 aliphatic heterocycles. The van der Waals surface area contributed by atoms with E-state index in [1.54, 1.807) is 6.07 Å². The topological polar surface area (TPSA) is 83.5 Å². The van der Waals surface area contributed by atoms with Crippen molar-refractivity contribution in [3.8, 4) is 0 Å². The Morgan fingerprint density at radius 1 is 1.05 bits per heavy atom. The smallest absolute Gasteiger partial charge is 0.262 e. The Balaban J connectivity index is 2.19. The van der Waals surface area contributed by atoms with Gasteiger partial charge in [0.25, 0.3) is 10.0 Å². The van der Waals surface area contributed by atoms with E-state index in [1.807, 2.05) is 0 Å². The van der Waals surface area contributed by atoms with Gasteiger partial charge in [0.05, 0.1) is 4.90 Å². The number of nitrogens with one attached hydrogen (secondary N) is 1. The fourth-order valence-corrected chi connectivity index (χ4v) is 3.57. The molecule has 0 fully saturated rings. The van der Waals surface area contributed by atoms with Crippen molar-refractivity contribution >= 4 is 33.2 Å². The lowest BCUT2D eigenvalue weighted by atomic mass is 10.0. The standard InChI is InChI=1S/C15H10ClNO4S/c16-10-7-5-9(6-8-10)14(18)13-15(19)11-3-1-2-4-12(11)22(20,21)17-13/h1-8,17-18H/b14-13+. The maximum absolute atomic E-state index is 12.4. The zero-order chi connectivity index (χ0) is 15.9. The quantitative estimate of drug-likeness (QED) is 0.620. The van der Waals surface area contributed by atoms with Crippen LogP contribution in [0.5, 0.6) is 0 Å². The number of aliphatic hydroxyl groups is 1. The highest BCUT2D eigenvalue weighted by atomic mass is 35.5. The maximum Gasteiger partial charge on any atom is 0.262 e. The number of sulfonamides is 1. The Morgan fingerprint density at radius 3 is 2.36 bits per heavy atom. The van der Waals surface area contributed by atoms with Crippen LogP contribution in [0.4, 0.5) is 0 Å². The van der Waals surface area contributed by atoms with Gasteiger partial charge in [-0.1, -0.05) is 23.7 Å². The second kappa shape index (κ2) is 5.15. The minimum absolute atomic E-state index is 0.0248. The van der Waals surface area contributed by atoms with Crippen LogP contribution in [-0.2, 0) is 10.0 Å². The first kappa shape index (κ1) is 14.6. The molecule has 2 aromatic carbocycles. The van der Waals surface area contributed by atoms with Gasteiger partial charge < -0.3 is 5.11 Å². The summed E-state index contributed by atoms with van der Waals surface area (Å²) in [5.41, 5.74) is -0.0624. The Bertz CT molecular complexity index is 901. The van der Waals surface area contributed by atoms with Gasteiger partial charge in [-0.3, -0.25) is 9.52 Å². The second-order valence-corrected chi connectivity index (χ2v) is 6.75. The molecule has 0 unspecified atom stereocenters. The van der Waals surface area contributed by atoms with Crippen LogP contribution in [0.2, 0.25) is 5.02 Å². The summed E-state index contributed by atoms with van der Waals surface area (Å²) in [5, 5.41) is 10.7. The van der Waals surface area contributed by atoms with Crippen LogP contribution >= 0.6 is 11.6 Å². The molecule has 0 saturated heterocycles. The van der Waals surface area contributed by atoms with E-state index < -0.39 is 21.6 Å². The summed E-state index contributed by atoms with van der Waals surface area (Å²) in [6.45, 7) is 0. The van der Waals surface area contributed by atoms with E-state index in [-0.39, 0.29) is 21.7 Å². The van der Waals surface area contributed by atoms with Gasteiger partial charge in [-0.25, -0.2) is 8.42 Å². The average molecular weight is 336 g/mol. The molecule has 0 radical (unpaired) electrons. The number of fused-ring (bicyclic) bond motifs is 1. The molecule has 112 valence electrons. The van der Waals surface area contributed by atoms with Gasteiger partial charge in [0.1, 0.15) is 5.70 Å². The number of aliphatic hydroxyl groups excluding tert-OH is 1. The van der Waals surface area contributed by atoms with E-state index in [4.69, 9.17) is 11.6 Å². The molecule has 2 aromatic rings. The Morgan fingerprint density at radius 2 is 1.68 bits per heavy atom. The third-order valence-electron chi connectivity index (χ3n) is 3.24. The number of hydrogen-bond donors (Lipinski definition) is 2. The molecule has 7 heteroatoms. The first-order valence-electron chi connectivity index (χ1n) is 6.26. The molecule has 2 N–H and O–H groups in total. The van der Waals surface area contributed by atoms with Gasteiger partial charge >= 0.3 is 0 Å². The van der Waals surface area contributed by atoms with Crippen molar-refractivity contribution in [2.75, 3.05) is 0 Å². The van der Waals surface area contributed by atoms with E-state index in [1.165, 1.54) is 42.5 Å². The van der Waals surface area contributed by atoms with E-state index in [2.05, 4.69) is 4.72 Å². The van der Waals surface area contributed by atoms with Crippen LogP contribution < -0.4 is 4.72 Å². The highest BCUT2D eigenvalue weighted by Gasteiger charge is 2.34. The average Bonchev–Trinajstić information content (AvgIpc) is 2.51. The molecule has 5 nitrogen and oxygen atoms in total. The molecule has 0 atom stereocenters. The zero-order valence-corrected chi connectivity index (χ0v) is 12.6. The van der Waals surface area contributed by atoms with Crippen molar-refractivity contribution in [2.45, 2.75) is 4.90 Å². The van der Waals surface area contributed by atoms with Crippen molar-refractivity contribution in [1.82, 2.24) is 4.72 Å². The van der Waals surface area contributed by atoms with Crippen molar-refractivity contribution in [2.24, 2.45) is 0 Å². The normalized spacial score (nSPS) is 18.3. The molecule has 1 heterocycles. The van der Waals surface area contributed by atoms with Crippen LogP contribution in [0.25, 0.3) is 5.76 Å². The predicted molar refractivity (Wildman–Crippen MR) is 82.1 cm³/mol. The van der Waals surface area contributed by atoms with Crippen LogP contribution in [0.1, 0.15) is 15.9 Å². The van der Waals surface area contributed by atoms with E-state index in [0.717, 1.165) is 0 Å². The molecule has 3 rings (SSSR count). The third-order valence-corrected chi connectivity index (χ3v) is 4.90. The van der Waals surface area contributed by atoms with Crippen molar-refractivity contribution in [1.29, 1.82) is 0 Å². The van der Waals surface area contributed by atoms with Crippen molar-refractivity contribution in [3.05, 3.63) is 70.4 Å². The SMILES string of the molecule is O=C1/C(=C(\O)c2ccc(Cl)cc2)NS(=O)(=O)c2ccccc21. The highest BCUT2D eigenvalue weighted by Crippen LogP contribution is 2.28. The minimum atomic E-state index is -3.90. The first-order valence-corrected chi connectivity index (χ1v) is 8.12. The van der Waals surface area contributed by atoms with Crippen molar-refractivity contribution in [3.63, 3.8) is 0 Å².